The SMILES string of the molecule is Cc1cccc(C)c1-n1nnnc1SCCC(=O)Nc1sc2c(c1C#N)CCCCC2. The summed E-state index contributed by atoms with van der Waals surface area (Å²) in [5.41, 5.74) is 4.95. The molecule has 0 saturated heterocycles. The molecule has 0 unspecified atom stereocenters. The quantitative estimate of drug-likeness (QED) is 0.434. The summed E-state index contributed by atoms with van der Waals surface area (Å²) in [5, 5.41) is 26.0. The van der Waals surface area contributed by atoms with Crippen molar-refractivity contribution in [2.75, 3.05) is 11.1 Å². The largest absolute Gasteiger partial charge is 0.317 e. The first-order valence-corrected chi connectivity index (χ1v) is 12.2. The van der Waals surface area contributed by atoms with Gasteiger partial charge in [-0.15, -0.1) is 16.4 Å². The van der Waals surface area contributed by atoms with E-state index in [0.717, 1.165) is 48.1 Å². The average molecular weight is 453 g/mol. The van der Waals surface area contributed by atoms with Gasteiger partial charge in [0.05, 0.1) is 11.3 Å². The molecule has 0 aliphatic heterocycles. The zero-order chi connectivity index (χ0) is 21.8. The van der Waals surface area contributed by atoms with Crippen LogP contribution in [0.5, 0.6) is 0 Å². The van der Waals surface area contributed by atoms with E-state index in [1.165, 1.54) is 23.1 Å². The number of benzene rings is 1. The molecule has 7 nitrogen and oxygen atoms in total. The van der Waals surface area contributed by atoms with Crippen LogP contribution in [0.4, 0.5) is 5.00 Å². The number of anilines is 1. The molecule has 160 valence electrons. The van der Waals surface area contributed by atoms with Gasteiger partial charge < -0.3 is 5.32 Å². The lowest BCUT2D eigenvalue weighted by Crippen LogP contribution is -2.12. The van der Waals surface area contributed by atoms with Crippen LogP contribution in [-0.4, -0.2) is 31.9 Å². The van der Waals surface area contributed by atoms with Crippen LogP contribution in [0.3, 0.4) is 0 Å². The molecule has 0 saturated carbocycles. The van der Waals surface area contributed by atoms with E-state index < -0.39 is 0 Å². The minimum absolute atomic E-state index is 0.0912. The van der Waals surface area contributed by atoms with Gasteiger partial charge in [-0.1, -0.05) is 36.4 Å². The Morgan fingerprint density at radius 1 is 1.26 bits per heavy atom. The van der Waals surface area contributed by atoms with E-state index in [-0.39, 0.29) is 5.91 Å². The summed E-state index contributed by atoms with van der Waals surface area (Å²) in [5.74, 6) is 0.455. The number of hydrogen-bond donors (Lipinski definition) is 1. The van der Waals surface area contributed by atoms with Crippen molar-refractivity contribution in [3.8, 4) is 11.8 Å². The molecule has 2 heterocycles. The standard InChI is InChI=1S/C22H24N6OS2/c1-14-7-6-8-15(2)20(14)28-22(25-26-27-28)30-12-11-19(29)24-21-17(13-23)16-9-4-3-5-10-18(16)31-21/h6-8H,3-5,9-12H2,1-2H3,(H,24,29). The van der Waals surface area contributed by atoms with Crippen molar-refractivity contribution in [1.82, 2.24) is 20.2 Å². The molecule has 4 rings (SSSR count). The van der Waals surface area contributed by atoms with E-state index in [2.05, 4.69) is 26.9 Å². The summed E-state index contributed by atoms with van der Waals surface area (Å²) in [7, 11) is 0. The van der Waals surface area contributed by atoms with Gasteiger partial charge in [-0.3, -0.25) is 4.79 Å². The fourth-order valence-corrected chi connectivity index (χ4v) is 5.99. The molecule has 31 heavy (non-hydrogen) atoms. The second-order valence-electron chi connectivity index (χ2n) is 7.64. The van der Waals surface area contributed by atoms with Gasteiger partial charge in [0.25, 0.3) is 0 Å². The normalized spacial score (nSPS) is 13.3. The first-order valence-electron chi connectivity index (χ1n) is 10.4. The molecule has 1 aromatic carbocycles. The third-order valence-corrected chi connectivity index (χ3v) is 7.57. The van der Waals surface area contributed by atoms with E-state index in [9.17, 15) is 10.1 Å². The van der Waals surface area contributed by atoms with Crippen LogP contribution in [-0.2, 0) is 17.6 Å². The molecular weight excluding hydrogens is 428 g/mol. The van der Waals surface area contributed by atoms with Gasteiger partial charge >= 0.3 is 0 Å². The van der Waals surface area contributed by atoms with Crippen molar-refractivity contribution in [3.05, 3.63) is 45.3 Å². The number of nitrogens with zero attached hydrogens (tertiary/aromatic N) is 5. The van der Waals surface area contributed by atoms with E-state index in [1.807, 2.05) is 32.0 Å². The molecular formula is C22H24N6OS2. The van der Waals surface area contributed by atoms with Crippen molar-refractivity contribution >= 4 is 34.0 Å². The highest BCUT2D eigenvalue weighted by Gasteiger charge is 2.21. The number of aromatic nitrogens is 4. The van der Waals surface area contributed by atoms with Crippen molar-refractivity contribution in [2.24, 2.45) is 0 Å². The van der Waals surface area contributed by atoms with Crippen LogP contribution in [0.25, 0.3) is 5.69 Å². The molecule has 1 aliphatic carbocycles. The molecule has 9 heteroatoms. The number of amides is 1. The predicted molar refractivity (Wildman–Crippen MR) is 123 cm³/mol. The third kappa shape index (κ3) is 4.65. The maximum atomic E-state index is 12.6. The Morgan fingerprint density at radius 3 is 2.81 bits per heavy atom. The zero-order valence-electron chi connectivity index (χ0n) is 17.6. The maximum absolute atomic E-state index is 12.6. The first kappa shape index (κ1) is 21.5. The highest BCUT2D eigenvalue weighted by Crippen LogP contribution is 2.37. The maximum Gasteiger partial charge on any atom is 0.225 e. The molecule has 0 radical (unpaired) electrons. The summed E-state index contributed by atoms with van der Waals surface area (Å²) in [6, 6.07) is 8.38. The molecule has 1 aliphatic rings. The number of para-hydroxylation sites is 1. The molecule has 0 bridgehead atoms. The van der Waals surface area contributed by atoms with Crippen LogP contribution in [0.15, 0.2) is 23.4 Å². The topological polar surface area (TPSA) is 96.5 Å². The van der Waals surface area contributed by atoms with Gasteiger partial charge in [-0.2, -0.15) is 9.94 Å². The van der Waals surface area contributed by atoms with Crippen LogP contribution in [0, 0.1) is 25.2 Å². The zero-order valence-corrected chi connectivity index (χ0v) is 19.3. The van der Waals surface area contributed by atoms with E-state index in [4.69, 9.17) is 0 Å². The Bertz CT molecular complexity index is 1120. The number of carbonyl (C=O) groups excluding carboxylic acids is 1. The van der Waals surface area contributed by atoms with Crippen molar-refractivity contribution in [1.29, 1.82) is 5.26 Å². The Kier molecular flexibility index (Phi) is 6.68. The van der Waals surface area contributed by atoms with Gasteiger partial charge in [-0.25, -0.2) is 0 Å². The van der Waals surface area contributed by atoms with Crippen molar-refractivity contribution in [2.45, 2.75) is 57.5 Å². The number of rotatable bonds is 6. The van der Waals surface area contributed by atoms with Crippen molar-refractivity contribution in [3.63, 3.8) is 0 Å². The van der Waals surface area contributed by atoms with Gasteiger partial charge in [0.1, 0.15) is 11.1 Å². The predicted octanol–water partition coefficient (Wildman–Crippen LogP) is 4.60. The molecule has 0 atom stereocenters. The van der Waals surface area contributed by atoms with Crippen LogP contribution >= 0.6 is 23.1 Å². The summed E-state index contributed by atoms with van der Waals surface area (Å²) >= 11 is 3.01. The minimum atomic E-state index is -0.0912. The summed E-state index contributed by atoms with van der Waals surface area (Å²) in [4.78, 5) is 13.8. The van der Waals surface area contributed by atoms with Crippen LogP contribution < -0.4 is 5.32 Å². The van der Waals surface area contributed by atoms with Gasteiger partial charge in [0.2, 0.25) is 11.1 Å². The Hall–Kier alpha value is -2.70. The van der Waals surface area contributed by atoms with E-state index in [0.29, 0.717) is 27.9 Å². The number of nitrogens with one attached hydrogen (secondary N) is 1. The number of fused-ring (bicyclic) bond motifs is 1. The summed E-state index contributed by atoms with van der Waals surface area (Å²) < 4.78 is 1.73. The first-order chi connectivity index (χ1) is 15.1. The van der Waals surface area contributed by atoms with E-state index >= 15 is 0 Å². The van der Waals surface area contributed by atoms with Crippen LogP contribution in [0.2, 0.25) is 0 Å². The highest BCUT2D eigenvalue weighted by atomic mass is 32.2. The molecule has 1 amide bonds. The highest BCUT2D eigenvalue weighted by molar-refractivity contribution is 7.99. The molecule has 0 spiro atoms. The smallest absolute Gasteiger partial charge is 0.225 e. The van der Waals surface area contributed by atoms with Crippen LogP contribution in [0.1, 0.15) is 52.8 Å². The fourth-order valence-electron chi connectivity index (χ4n) is 3.92. The average Bonchev–Trinajstić information content (AvgIpc) is 3.24. The molecule has 1 N–H and O–H groups in total. The number of aryl methyl sites for hydroxylation is 3. The van der Waals surface area contributed by atoms with Gasteiger partial charge in [0.15, 0.2) is 0 Å². The second kappa shape index (κ2) is 9.62. The lowest BCUT2D eigenvalue weighted by Gasteiger charge is -2.10. The van der Waals surface area contributed by atoms with Crippen molar-refractivity contribution < 1.29 is 4.79 Å². The Balaban J connectivity index is 1.40. The fraction of sp³-hybridized carbons (Fsp3) is 0.409. The molecule has 3 aromatic rings. The van der Waals surface area contributed by atoms with Gasteiger partial charge in [-0.05, 0) is 66.6 Å². The molecule has 2 aromatic heterocycles. The number of thiophene rings is 1. The van der Waals surface area contributed by atoms with Gasteiger partial charge in [0, 0.05) is 17.1 Å². The third-order valence-electron chi connectivity index (χ3n) is 5.44. The van der Waals surface area contributed by atoms with E-state index in [1.54, 1.807) is 16.0 Å². The number of carbonyl (C=O) groups is 1. The second-order valence-corrected chi connectivity index (χ2v) is 9.81. The summed E-state index contributed by atoms with van der Waals surface area (Å²) in [6.07, 6.45) is 5.71. The molecule has 0 fully saturated rings. The lowest BCUT2D eigenvalue weighted by molar-refractivity contribution is -0.115. The summed E-state index contributed by atoms with van der Waals surface area (Å²) in [6.45, 7) is 4.06. The monoisotopic (exact) mass is 452 g/mol. The lowest BCUT2D eigenvalue weighted by atomic mass is 10.1. The number of thioether (sulfide) groups is 1. The minimum Gasteiger partial charge on any atom is -0.317 e. The number of hydrogen-bond acceptors (Lipinski definition) is 7. The number of nitriles is 1. The number of tetrazole rings is 1. The Labute approximate surface area is 189 Å². The Morgan fingerprint density at radius 2 is 2.03 bits per heavy atom.